The molecule has 0 atom stereocenters. The van der Waals surface area contributed by atoms with Crippen molar-refractivity contribution in [1.29, 1.82) is 0 Å². The molecule has 0 aliphatic heterocycles. The van der Waals surface area contributed by atoms with Crippen LogP contribution in [-0.4, -0.2) is 35.1 Å². The molecular weight excluding hydrogens is 374 g/mol. The summed E-state index contributed by atoms with van der Waals surface area (Å²) in [7, 11) is 4.07. The zero-order chi connectivity index (χ0) is 21.1. The van der Waals surface area contributed by atoms with E-state index in [9.17, 15) is 4.79 Å². The number of aliphatic carboxylic acids is 1. The monoisotopic (exact) mass is 397 g/mol. The molecule has 0 saturated heterocycles. The van der Waals surface area contributed by atoms with Crippen LogP contribution in [0.25, 0.3) is 28.2 Å². The molecule has 0 spiro atoms. The standard InChI is InChI=1S/C25H23N3O2/c1-28(2)21-11-8-19(9-12-21)20-10-13-22-23(16-20)27-24(26-22)15-18-5-3-17(4-6-18)7-14-25(29)30/h3-14,16H,15H2,1-2H3,(H,26,27)(H,29,30). The highest BCUT2D eigenvalue weighted by Gasteiger charge is 2.07. The number of H-pyrrole nitrogens is 1. The summed E-state index contributed by atoms with van der Waals surface area (Å²) in [6.45, 7) is 0. The Balaban J connectivity index is 1.53. The van der Waals surface area contributed by atoms with Gasteiger partial charge in [-0.05, 0) is 52.6 Å². The number of carbonyl (C=O) groups is 1. The quantitative estimate of drug-likeness (QED) is 0.450. The second kappa shape index (κ2) is 8.25. The van der Waals surface area contributed by atoms with Crippen molar-refractivity contribution >= 4 is 28.8 Å². The number of imidazole rings is 1. The van der Waals surface area contributed by atoms with Gasteiger partial charge in [-0.1, -0.05) is 42.5 Å². The third-order valence-electron chi connectivity index (χ3n) is 5.02. The van der Waals surface area contributed by atoms with Crippen LogP contribution in [0.2, 0.25) is 0 Å². The Kier molecular flexibility index (Phi) is 5.35. The summed E-state index contributed by atoms with van der Waals surface area (Å²) in [6, 6.07) is 22.6. The maximum Gasteiger partial charge on any atom is 0.328 e. The minimum absolute atomic E-state index is 0.685. The molecule has 0 aliphatic rings. The average molecular weight is 397 g/mol. The molecule has 0 fully saturated rings. The van der Waals surface area contributed by atoms with Gasteiger partial charge in [-0.15, -0.1) is 0 Å². The highest BCUT2D eigenvalue weighted by Crippen LogP contribution is 2.26. The van der Waals surface area contributed by atoms with E-state index in [-0.39, 0.29) is 0 Å². The molecular formula is C25H23N3O2. The fourth-order valence-corrected chi connectivity index (χ4v) is 3.39. The fraction of sp³-hybridized carbons (Fsp3) is 0.120. The number of nitrogens with zero attached hydrogens (tertiary/aromatic N) is 2. The van der Waals surface area contributed by atoms with E-state index in [0.29, 0.717) is 6.42 Å². The van der Waals surface area contributed by atoms with E-state index < -0.39 is 5.97 Å². The van der Waals surface area contributed by atoms with Crippen molar-refractivity contribution in [3.8, 4) is 11.1 Å². The van der Waals surface area contributed by atoms with E-state index in [1.54, 1.807) is 6.08 Å². The highest BCUT2D eigenvalue weighted by molar-refractivity contribution is 5.85. The second-order valence-corrected chi connectivity index (χ2v) is 7.45. The first-order valence-corrected chi connectivity index (χ1v) is 9.74. The first-order chi connectivity index (χ1) is 14.5. The lowest BCUT2D eigenvalue weighted by Crippen LogP contribution is -2.07. The molecule has 1 aromatic heterocycles. The van der Waals surface area contributed by atoms with Crippen LogP contribution in [0, 0.1) is 0 Å². The lowest BCUT2D eigenvalue weighted by atomic mass is 10.0. The van der Waals surface area contributed by atoms with Crippen molar-refractivity contribution in [3.63, 3.8) is 0 Å². The summed E-state index contributed by atoms with van der Waals surface area (Å²) in [5, 5.41) is 8.72. The largest absolute Gasteiger partial charge is 0.478 e. The molecule has 0 saturated carbocycles. The molecule has 2 N–H and O–H groups in total. The first kappa shape index (κ1) is 19.5. The number of carboxylic acid groups (broad SMARTS) is 1. The van der Waals surface area contributed by atoms with Gasteiger partial charge >= 0.3 is 5.97 Å². The molecule has 5 nitrogen and oxygen atoms in total. The predicted octanol–water partition coefficient (Wildman–Crippen LogP) is 4.98. The molecule has 0 radical (unpaired) electrons. The van der Waals surface area contributed by atoms with Crippen molar-refractivity contribution in [1.82, 2.24) is 9.97 Å². The van der Waals surface area contributed by atoms with Gasteiger partial charge in [-0.2, -0.15) is 0 Å². The summed E-state index contributed by atoms with van der Waals surface area (Å²) >= 11 is 0. The van der Waals surface area contributed by atoms with Crippen LogP contribution in [-0.2, 0) is 11.2 Å². The molecule has 0 unspecified atom stereocenters. The Hall–Kier alpha value is -3.86. The Morgan fingerprint density at radius 3 is 2.37 bits per heavy atom. The van der Waals surface area contributed by atoms with Crippen LogP contribution in [0.3, 0.4) is 0 Å². The lowest BCUT2D eigenvalue weighted by Gasteiger charge is -2.12. The molecule has 3 aromatic carbocycles. The van der Waals surface area contributed by atoms with Crippen molar-refractivity contribution in [3.05, 3.63) is 89.8 Å². The number of hydrogen-bond acceptors (Lipinski definition) is 3. The molecule has 5 heteroatoms. The summed E-state index contributed by atoms with van der Waals surface area (Å²) in [6.07, 6.45) is 3.41. The van der Waals surface area contributed by atoms with E-state index in [0.717, 1.165) is 39.6 Å². The number of fused-ring (bicyclic) bond motifs is 1. The van der Waals surface area contributed by atoms with E-state index >= 15 is 0 Å². The van der Waals surface area contributed by atoms with Crippen molar-refractivity contribution in [2.24, 2.45) is 0 Å². The van der Waals surface area contributed by atoms with Gasteiger partial charge in [0.25, 0.3) is 0 Å². The molecule has 0 bridgehead atoms. The van der Waals surface area contributed by atoms with E-state index in [4.69, 9.17) is 10.1 Å². The number of nitrogens with one attached hydrogen (secondary N) is 1. The molecule has 150 valence electrons. The fourth-order valence-electron chi connectivity index (χ4n) is 3.39. The number of aromatic nitrogens is 2. The van der Waals surface area contributed by atoms with Gasteiger partial charge in [0, 0.05) is 32.3 Å². The zero-order valence-corrected chi connectivity index (χ0v) is 17.0. The van der Waals surface area contributed by atoms with Gasteiger partial charge in [-0.25, -0.2) is 9.78 Å². The topological polar surface area (TPSA) is 69.2 Å². The molecule has 0 aliphatic carbocycles. The number of aromatic amines is 1. The van der Waals surface area contributed by atoms with Gasteiger partial charge in [0.1, 0.15) is 5.82 Å². The second-order valence-electron chi connectivity index (χ2n) is 7.45. The van der Waals surface area contributed by atoms with Crippen LogP contribution in [0.15, 0.2) is 72.8 Å². The Morgan fingerprint density at radius 2 is 1.70 bits per heavy atom. The maximum atomic E-state index is 10.6. The van der Waals surface area contributed by atoms with Crippen molar-refractivity contribution < 1.29 is 9.90 Å². The minimum atomic E-state index is -0.950. The van der Waals surface area contributed by atoms with Gasteiger partial charge in [0.15, 0.2) is 0 Å². The molecule has 4 aromatic rings. The summed E-state index contributed by atoms with van der Waals surface area (Å²) in [4.78, 5) is 20.8. The normalized spacial score (nSPS) is 11.3. The van der Waals surface area contributed by atoms with Crippen LogP contribution < -0.4 is 4.90 Å². The Bertz CT molecular complexity index is 1200. The Labute approximate surface area is 175 Å². The van der Waals surface area contributed by atoms with Crippen LogP contribution in [0.1, 0.15) is 17.0 Å². The van der Waals surface area contributed by atoms with Crippen LogP contribution >= 0.6 is 0 Å². The smallest absolute Gasteiger partial charge is 0.328 e. The first-order valence-electron chi connectivity index (χ1n) is 9.74. The van der Waals surface area contributed by atoms with Gasteiger partial charge < -0.3 is 15.0 Å². The molecule has 1 heterocycles. The van der Waals surface area contributed by atoms with Crippen molar-refractivity contribution in [2.45, 2.75) is 6.42 Å². The molecule has 4 rings (SSSR count). The van der Waals surface area contributed by atoms with Crippen molar-refractivity contribution in [2.75, 3.05) is 19.0 Å². The third-order valence-corrected chi connectivity index (χ3v) is 5.02. The minimum Gasteiger partial charge on any atom is -0.478 e. The molecule has 0 amide bonds. The highest BCUT2D eigenvalue weighted by atomic mass is 16.4. The lowest BCUT2D eigenvalue weighted by molar-refractivity contribution is -0.131. The summed E-state index contributed by atoms with van der Waals surface area (Å²) in [5.41, 5.74) is 7.42. The number of rotatable bonds is 6. The Morgan fingerprint density at radius 1 is 1.00 bits per heavy atom. The average Bonchev–Trinajstić information content (AvgIpc) is 3.14. The number of anilines is 1. The number of benzene rings is 3. The molecule has 30 heavy (non-hydrogen) atoms. The number of hydrogen-bond donors (Lipinski definition) is 2. The van der Waals surface area contributed by atoms with Gasteiger partial charge in [-0.3, -0.25) is 0 Å². The van der Waals surface area contributed by atoms with Gasteiger partial charge in [0.05, 0.1) is 11.0 Å². The van der Waals surface area contributed by atoms with E-state index in [2.05, 4.69) is 46.3 Å². The van der Waals surface area contributed by atoms with Crippen LogP contribution in [0.4, 0.5) is 5.69 Å². The van der Waals surface area contributed by atoms with Crippen LogP contribution in [0.5, 0.6) is 0 Å². The third kappa shape index (κ3) is 4.41. The van der Waals surface area contributed by atoms with E-state index in [1.807, 2.05) is 44.4 Å². The SMILES string of the molecule is CN(C)c1ccc(-c2ccc3nc(Cc4ccc(C=CC(=O)O)cc4)[nH]c3c2)cc1. The number of carboxylic acids is 1. The summed E-state index contributed by atoms with van der Waals surface area (Å²) in [5.74, 6) is -0.0479. The zero-order valence-electron chi connectivity index (χ0n) is 17.0. The van der Waals surface area contributed by atoms with Gasteiger partial charge in [0.2, 0.25) is 0 Å². The summed E-state index contributed by atoms with van der Waals surface area (Å²) < 4.78 is 0. The van der Waals surface area contributed by atoms with E-state index in [1.165, 1.54) is 11.3 Å². The maximum absolute atomic E-state index is 10.6. The predicted molar refractivity (Wildman–Crippen MR) is 122 cm³/mol.